The second kappa shape index (κ2) is 4.29. The molecule has 4 rings (SSSR count). The standard InChI is InChI=1S/C14H12N4S2/c1-7-3-5-9(15-7)11-17-13-14(19-11)18-12(20-13)10-6-4-8(2)16-10/h3-6,15-16H,1-2H3. The zero-order chi connectivity index (χ0) is 13.7. The summed E-state index contributed by atoms with van der Waals surface area (Å²) in [6, 6.07) is 8.25. The van der Waals surface area contributed by atoms with Crippen LogP contribution in [0.1, 0.15) is 11.4 Å². The molecule has 0 atom stereocenters. The maximum atomic E-state index is 4.68. The molecule has 20 heavy (non-hydrogen) atoms. The van der Waals surface area contributed by atoms with E-state index < -0.39 is 0 Å². The molecule has 0 radical (unpaired) electrons. The average molecular weight is 300 g/mol. The van der Waals surface area contributed by atoms with Gasteiger partial charge in [0.25, 0.3) is 0 Å². The van der Waals surface area contributed by atoms with Gasteiger partial charge >= 0.3 is 0 Å². The van der Waals surface area contributed by atoms with E-state index in [2.05, 4.69) is 44.2 Å². The maximum absolute atomic E-state index is 4.68. The molecule has 0 fully saturated rings. The predicted octanol–water partition coefficient (Wildman–Crippen LogP) is 4.36. The minimum atomic E-state index is 1.000. The van der Waals surface area contributed by atoms with E-state index in [1.54, 1.807) is 22.7 Å². The first kappa shape index (κ1) is 11.9. The molecule has 4 aromatic rings. The molecule has 0 amide bonds. The number of fused-ring (bicyclic) bond motifs is 1. The van der Waals surface area contributed by atoms with Gasteiger partial charge in [-0.05, 0) is 38.1 Å². The third kappa shape index (κ3) is 1.88. The monoisotopic (exact) mass is 300 g/mol. The summed E-state index contributed by atoms with van der Waals surface area (Å²) in [6.07, 6.45) is 0. The molecule has 100 valence electrons. The molecule has 6 heteroatoms. The van der Waals surface area contributed by atoms with Gasteiger partial charge in [0.05, 0.1) is 11.4 Å². The van der Waals surface area contributed by atoms with E-state index >= 15 is 0 Å². The number of rotatable bonds is 2. The number of aromatic nitrogens is 4. The first-order chi connectivity index (χ1) is 9.69. The number of hydrogen-bond acceptors (Lipinski definition) is 4. The molecule has 2 N–H and O–H groups in total. The number of H-pyrrole nitrogens is 2. The number of nitrogens with zero attached hydrogens (tertiary/aromatic N) is 2. The van der Waals surface area contributed by atoms with Gasteiger partial charge in [0.2, 0.25) is 0 Å². The van der Waals surface area contributed by atoms with Crippen LogP contribution in [0.25, 0.3) is 31.1 Å². The first-order valence-corrected chi connectivity index (χ1v) is 7.92. The van der Waals surface area contributed by atoms with Crippen LogP contribution in [0, 0.1) is 13.8 Å². The number of nitrogens with one attached hydrogen (secondary N) is 2. The Bertz CT molecular complexity index is 792. The Morgan fingerprint density at radius 2 is 1.20 bits per heavy atom. The van der Waals surface area contributed by atoms with E-state index in [4.69, 9.17) is 0 Å². The van der Waals surface area contributed by atoms with Crippen molar-refractivity contribution >= 4 is 32.3 Å². The van der Waals surface area contributed by atoms with E-state index in [0.717, 1.165) is 42.5 Å². The topological polar surface area (TPSA) is 57.4 Å². The smallest absolute Gasteiger partial charge is 0.156 e. The largest absolute Gasteiger partial charge is 0.357 e. The van der Waals surface area contributed by atoms with Crippen LogP contribution in [-0.2, 0) is 0 Å². The summed E-state index contributed by atoms with van der Waals surface area (Å²) in [5.41, 5.74) is 4.42. The summed E-state index contributed by atoms with van der Waals surface area (Å²) < 4.78 is 0. The van der Waals surface area contributed by atoms with Crippen molar-refractivity contribution in [1.82, 2.24) is 19.9 Å². The lowest BCUT2D eigenvalue weighted by molar-refractivity contribution is 1.26. The van der Waals surface area contributed by atoms with Crippen LogP contribution in [-0.4, -0.2) is 19.9 Å². The van der Waals surface area contributed by atoms with Gasteiger partial charge < -0.3 is 9.97 Å². The van der Waals surface area contributed by atoms with E-state index in [1.807, 2.05) is 13.8 Å². The lowest BCUT2D eigenvalue weighted by atomic mass is 10.4. The van der Waals surface area contributed by atoms with Crippen molar-refractivity contribution in [2.75, 3.05) is 0 Å². The molecule has 0 aliphatic carbocycles. The minimum Gasteiger partial charge on any atom is -0.357 e. The highest BCUT2D eigenvalue weighted by atomic mass is 32.1. The van der Waals surface area contributed by atoms with Crippen LogP contribution < -0.4 is 0 Å². The van der Waals surface area contributed by atoms with Gasteiger partial charge in [-0.1, -0.05) is 22.7 Å². The highest BCUT2D eigenvalue weighted by molar-refractivity contribution is 7.29. The highest BCUT2D eigenvalue weighted by Crippen LogP contribution is 2.35. The summed E-state index contributed by atoms with van der Waals surface area (Å²) in [5.74, 6) is 0. The van der Waals surface area contributed by atoms with Crippen molar-refractivity contribution in [2.24, 2.45) is 0 Å². The molecule has 0 spiro atoms. The SMILES string of the molecule is Cc1ccc(-c2nc3sc(-c4ccc(C)[nH]4)nc3s2)[nH]1. The Balaban J connectivity index is 1.77. The molecule has 0 aliphatic heterocycles. The van der Waals surface area contributed by atoms with Gasteiger partial charge in [-0.2, -0.15) is 0 Å². The zero-order valence-corrected chi connectivity index (χ0v) is 12.7. The number of thiazole rings is 2. The van der Waals surface area contributed by atoms with E-state index in [9.17, 15) is 0 Å². The Kier molecular flexibility index (Phi) is 2.55. The zero-order valence-electron chi connectivity index (χ0n) is 11.0. The molecule has 4 aromatic heterocycles. The van der Waals surface area contributed by atoms with Crippen molar-refractivity contribution in [3.63, 3.8) is 0 Å². The number of aromatic amines is 2. The third-order valence-electron chi connectivity index (χ3n) is 3.10. The van der Waals surface area contributed by atoms with Crippen LogP contribution in [0.15, 0.2) is 24.3 Å². The second-order valence-electron chi connectivity index (χ2n) is 4.76. The van der Waals surface area contributed by atoms with Gasteiger partial charge in [-0.15, -0.1) is 0 Å². The fourth-order valence-electron chi connectivity index (χ4n) is 2.13. The van der Waals surface area contributed by atoms with Gasteiger partial charge in [-0.3, -0.25) is 0 Å². The molecule has 0 aromatic carbocycles. The quantitative estimate of drug-likeness (QED) is 0.578. The van der Waals surface area contributed by atoms with Crippen LogP contribution in [0.4, 0.5) is 0 Å². The Labute approximate surface area is 123 Å². The van der Waals surface area contributed by atoms with Crippen LogP contribution in [0.3, 0.4) is 0 Å². The summed E-state index contributed by atoms with van der Waals surface area (Å²) >= 11 is 3.26. The average Bonchev–Trinajstić information content (AvgIpc) is 3.09. The van der Waals surface area contributed by atoms with Gasteiger partial charge in [0, 0.05) is 11.4 Å². The van der Waals surface area contributed by atoms with Crippen LogP contribution >= 0.6 is 22.7 Å². The van der Waals surface area contributed by atoms with Gasteiger partial charge in [0.15, 0.2) is 9.66 Å². The van der Waals surface area contributed by atoms with Crippen LogP contribution in [0.5, 0.6) is 0 Å². The molecule has 0 unspecified atom stereocenters. The Hall–Kier alpha value is -1.92. The summed E-state index contributed by atoms with van der Waals surface area (Å²) in [6.45, 7) is 4.09. The summed E-state index contributed by atoms with van der Waals surface area (Å²) in [5, 5.41) is 2.00. The molecule has 0 aliphatic rings. The van der Waals surface area contributed by atoms with Crippen molar-refractivity contribution in [2.45, 2.75) is 13.8 Å². The second-order valence-corrected chi connectivity index (χ2v) is 6.71. The molecule has 4 heterocycles. The summed E-state index contributed by atoms with van der Waals surface area (Å²) in [7, 11) is 0. The number of aryl methyl sites for hydroxylation is 2. The highest BCUT2D eigenvalue weighted by Gasteiger charge is 2.14. The number of hydrogen-bond donors (Lipinski definition) is 2. The Morgan fingerprint density at radius 1 is 0.750 bits per heavy atom. The third-order valence-corrected chi connectivity index (χ3v) is 5.19. The fourth-order valence-corrected chi connectivity index (χ4v) is 4.13. The van der Waals surface area contributed by atoms with Crippen molar-refractivity contribution in [3.8, 4) is 21.4 Å². The normalized spacial score (nSPS) is 11.5. The lowest BCUT2D eigenvalue weighted by Crippen LogP contribution is -1.76. The Morgan fingerprint density at radius 3 is 1.55 bits per heavy atom. The fraction of sp³-hybridized carbons (Fsp3) is 0.143. The van der Waals surface area contributed by atoms with Crippen molar-refractivity contribution < 1.29 is 0 Å². The molecule has 0 saturated heterocycles. The molecule has 4 nitrogen and oxygen atoms in total. The van der Waals surface area contributed by atoms with Gasteiger partial charge in [-0.25, -0.2) is 9.97 Å². The molecular formula is C14H12N4S2. The van der Waals surface area contributed by atoms with Crippen LogP contribution in [0.2, 0.25) is 0 Å². The van der Waals surface area contributed by atoms with E-state index in [0.29, 0.717) is 0 Å². The van der Waals surface area contributed by atoms with Crippen molar-refractivity contribution in [3.05, 3.63) is 35.7 Å². The lowest BCUT2D eigenvalue weighted by Gasteiger charge is -1.90. The molecular weight excluding hydrogens is 288 g/mol. The first-order valence-electron chi connectivity index (χ1n) is 6.28. The maximum Gasteiger partial charge on any atom is 0.156 e. The van der Waals surface area contributed by atoms with E-state index in [-0.39, 0.29) is 0 Å². The van der Waals surface area contributed by atoms with E-state index in [1.165, 1.54) is 0 Å². The van der Waals surface area contributed by atoms with Crippen molar-refractivity contribution in [1.29, 1.82) is 0 Å². The minimum absolute atomic E-state index is 1.000. The summed E-state index contributed by atoms with van der Waals surface area (Å²) in [4.78, 5) is 18.0. The van der Waals surface area contributed by atoms with Gasteiger partial charge in [0.1, 0.15) is 10.0 Å². The molecule has 0 saturated carbocycles. The molecule has 0 bridgehead atoms. The predicted molar refractivity (Wildman–Crippen MR) is 84.3 cm³/mol.